The lowest BCUT2D eigenvalue weighted by Crippen LogP contribution is -2.47. The summed E-state index contributed by atoms with van der Waals surface area (Å²) in [6, 6.07) is 4.97. The van der Waals surface area contributed by atoms with E-state index in [1.54, 1.807) is 25.3 Å². The Morgan fingerprint density at radius 3 is 2.77 bits per heavy atom. The largest absolute Gasteiger partial charge is 0.496 e. The first kappa shape index (κ1) is 20.7. The van der Waals surface area contributed by atoms with Gasteiger partial charge in [-0.1, -0.05) is 13.3 Å². The van der Waals surface area contributed by atoms with Gasteiger partial charge in [0.25, 0.3) is 0 Å². The van der Waals surface area contributed by atoms with Gasteiger partial charge in [0, 0.05) is 19.1 Å². The molecule has 0 aliphatic carbocycles. The number of ether oxygens (including phenoxy) is 1. The van der Waals surface area contributed by atoms with Gasteiger partial charge in [0.2, 0.25) is 15.9 Å². The maximum absolute atomic E-state index is 13.0. The van der Waals surface area contributed by atoms with Crippen LogP contribution in [0.5, 0.6) is 5.75 Å². The minimum atomic E-state index is -3.62. The average molecular weight is 383 g/mol. The molecule has 0 unspecified atom stereocenters. The summed E-state index contributed by atoms with van der Waals surface area (Å²) in [4.78, 5) is 12.7. The van der Waals surface area contributed by atoms with Gasteiger partial charge >= 0.3 is 0 Å². The van der Waals surface area contributed by atoms with E-state index in [2.05, 4.69) is 12.2 Å². The molecule has 1 aromatic carbocycles. The molecule has 7 heteroatoms. The number of nitrogens with one attached hydrogen (secondary N) is 1. The maximum Gasteiger partial charge on any atom is 0.243 e. The molecule has 1 saturated heterocycles. The first-order valence-corrected chi connectivity index (χ1v) is 10.7. The predicted octanol–water partition coefficient (Wildman–Crippen LogP) is 2.71. The van der Waals surface area contributed by atoms with Crippen LogP contribution in [-0.2, 0) is 14.8 Å². The highest BCUT2D eigenvalue weighted by Gasteiger charge is 2.33. The number of hydrogen-bond donors (Lipinski definition) is 1. The predicted molar refractivity (Wildman–Crippen MR) is 102 cm³/mol. The van der Waals surface area contributed by atoms with Gasteiger partial charge in [0.05, 0.1) is 17.9 Å². The van der Waals surface area contributed by atoms with Crippen molar-refractivity contribution in [3.05, 3.63) is 23.8 Å². The number of sulfonamides is 1. The highest BCUT2D eigenvalue weighted by molar-refractivity contribution is 7.89. The lowest BCUT2D eigenvalue weighted by Gasteiger charge is -2.32. The summed E-state index contributed by atoms with van der Waals surface area (Å²) in [5.74, 6) is 0.318. The van der Waals surface area contributed by atoms with Gasteiger partial charge in [-0.3, -0.25) is 4.79 Å². The number of amides is 1. The van der Waals surface area contributed by atoms with Gasteiger partial charge in [-0.15, -0.1) is 0 Å². The number of hydrogen-bond acceptors (Lipinski definition) is 4. The number of carbonyl (C=O) groups excluding carboxylic acids is 1. The molecule has 1 fully saturated rings. The molecule has 1 N–H and O–H groups in total. The van der Waals surface area contributed by atoms with E-state index in [0.717, 1.165) is 24.8 Å². The molecule has 0 bridgehead atoms. The minimum Gasteiger partial charge on any atom is -0.496 e. The van der Waals surface area contributed by atoms with E-state index in [1.165, 1.54) is 4.31 Å². The molecule has 1 aliphatic rings. The fourth-order valence-electron chi connectivity index (χ4n) is 3.40. The van der Waals surface area contributed by atoms with Crippen molar-refractivity contribution in [2.24, 2.45) is 5.92 Å². The molecule has 0 saturated carbocycles. The van der Waals surface area contributed by atoms with Crippen LogP contribution in [0.3, 0.4) is 0 Å². The summed E-state index contributed by atoms with van der Waals surface area (Å²) in [6.45, 7) is 6.56. The van der Waals surface area contributed by atoms with Gasteiger partial charge in [-0.25, -0.2) is 8.42 Å². The monoisotopic (exact) mass is 382 g/mol. The molecule has 1 aliphatic heterocycles. The van der Waals surface area contributed by atoms with Crippen LogP contribution in [0.2, 0.25) is 0 Å². The van der Waals surface area contributed by atoms with Gasteiger partial charge in [0.1, 0.15) is 5.75 Å². The number of nitrogens with zero attached hydrogens (tertiary/aromatic N) is 1. The summed E-state index contributed by atoms with van der Waals surface area (Å²) in [5, 5.41) is 3.01. The highest BCUT2D eigenvalue weighted by Crippen LogP contribution is 2.27. The molecule has 1 amide bonds. The van der Waals surface area contributed by atoms with Crippen LogP contribution in [0.4, 0.5) is 0 Å². The summed E-state index contributed by atoms with van der Waals surface area (Å²) in [7, 11) is -2.06. The van der Waals surface area contributed by atoms with E-state index in [-0.39, 0.29) is 29.3 Å². The Hall–Kier alpha value is -1.60. The number of methoxy groups -OCH3 is 1. The number of piperidine rings is 1. The molecular formula is C19H30N2O4S. The third kappa shape index (κ3) is 4.76. The van der Waals surface area contributed by atoms with Crippen LogP contribution < -0.4 is 10.1 Å². The van der Waals surface area contributed by atoms with E-state index in [1.807, 2.05) is 13.8 Å². The Balaban J connectivity index is 2.12. The lowest BCUT2D eigenvalue weighted by atomic mass is 9.98. The molecule has 0 aromatic heterocycles. The van der Waals surface area contributed by atoms with E-state index >= 15 is 0 Å². The molecule has 2 atom stereocenters. The number of rotatable bonds is 7. The third-order valence-electron chi connectivity index (χ3n) is 4.87. The van der Waals surface area contributed by atoms with Gasteiger partial charge in [-0.05, 0) is 56.9 Å². The molecule has 6 nitrogen and oxygen atoms in total. The molecule has 2 rings (SSSR count). The summed E-state index contributed by atoms with van der Waals surface area (Å²) >= 11 is 0. The molecule has 146 valence electrons. The molecular weight excluding hydrogens is 352 g/mol. The van der Waals surface area contributed by atoms with Crippen LogP contribution in [0.25, 0.3) is 0 Å². The zero-order valence-electron chi connectivity index (χ0n) is 16.1. The van der Waals surface area contributed by atoms with E-state index in [0.29, 0.717) is 18.7 Å². The van der Waals surface area contributed by atoms with Gasteiger partial charge < -0.3 is 10.1 Å². The Labute approximate surface area is 157 Å². The zero-order valence-corrected chi connectivity index (χ0v) is 16.9. The van der Waals surface area contributed by atoms with Crippen molar-refractivity contribution >= 4 is 15.9 Å². The van der Waals surface area contributed by atoms with E-state index in [4.69, 9.17) is 4.74 Å². The van der Waals surface area contributed by atoms with Crippen LogP contribution in [0.15, 0.2) is 23.1 Å². The van der Waals surface area contributed by atoms with Crippen molar-refractivity contribution in [2.45, 2.75) is 57.4 Å². The third-order valence-corrected chi connectivity index (χ3v) is 6.73. The SMILES string of the molecule is CCC[C@@H](C)NC(=O)[C@H]1CCCN(S(=O)(=O)c2ccc(OC)c(C)c2)C1. The quantitative estimate of drug-likeness (QED) is 0.787. The molecule has 1 heterocycles. The Morgan fingerprint density at radius 2 is 2.15 bits per heavy atom. The summed E-state index contributed by atoms with van der Waals surface area (Å²) in [5.41, 5.74) is 0.772. The van der Waals surface area contributed by atoms with Crippen molar-refractivity contribution in [1.29, 1.82) is 0 Å². The molecule has 0 spiro atoms. The van der Waals surface area contributed by atoms with Crippen LogP contribution in [-0.4, -0.2) is 44.9 Å². The fraction of sp³-hybridized carbons (Fsp3) is 0.632. The highest BCUT2D eigenvalue weighted by atomic mass is 32.2. The number of aryl methyl sites for hydroxylation is 1. The van der Waals surface area contributed by atoms with E-state index in [9.17, 15) is 13.2 Å². The van der Waals surface area contributed by atoms with Gasteiger partial charge in [-0.2, -0.15) is 4.31 Å². The number of carbonyl (C=O) groups is 1. The lowest BCUT2D eigenvalue weighted by molar-refractivity contribution is -0.126. The minimum absolute atomic E-state index is 0.0447. The zero-order chi connectivity index (χ0) is 19.3. The normalized spacial score (nSPS) is 19.8. The van der Waals surface area contributed by atoms with Crippen LogP contribution in [0.1, 0.15) is 45.1 Å². The summed E-state index contributed by atoms with van der Waals surface area (Å²) in [6.07, 6.45) is 3.34. The second kappa shape index (κ2) is 8.86. The second-order valence-corrected chi connectivity index (χ2v) is 8.97. The van der Waals surface area contributed by atoms with Crippen molar-refractivity contribution in [3.63, 3.8) is 0 Å². The molecule has 0 radical (unpaired) electrons. The summed E-state index contributed by atoms with van der Waals surface area (Å²) < 4.78 is 32.6. The van der Waals surface area contributed by atoms with Crippen molar-refractivity contribution in [3.8, 4) is 5.75 Å². The molecule has 1 aromatic rings. The first-order chi connectivity index (χ1) is 12.3. The van der Waals surface area contributed by atoms with Crippen molar-refractivity contribution in [2.75, 3.05) is 20.2 Å². The van der Waals surface area contributed by atoms with Crippen molar-refractivity contribution in [1.82, 2.24) is 9.62 Å². The molecule has 26 heavy (non-hydrogen) atoms. The maximum atomic E-state index is 13.0. The second-order valence-electron chi connectivity index (χ2n) is 7.03. The average Bonchev–Trinajstić information content (AvgIpc) is 2.61. The smallest absolute Gasteiger partial charge is 0.243 e. The topological polar surface area (TPSA) is 75.7 Å². The van der Waals surface area contributed by atoms with Crippen LogP contribution >= 0.6 is 0 Å². The Morgan fingerprint density at radius 1 is 1.42 bits per heavy atom. The fourth-order valence-corrected chi connectivity index (χ4v) is 5.01. The van der Waals surface area contributed by atoms with E-state index < -0.39 is 10.0 Å². The Kier molecular flexibility index (Phi) is 7.06. The first-order valence-electron chi connectivity index (χ1n) is 9.24. The Bertz CT molecular complexity index is 733. The number of benzene rings is 1. The van der Waals surface area contributed by atoms with Crippen molar-refractivity contribution < 1.29 is 17.9 Å². The standard InChI is InChI=1S/C19H30N2O4S/c1-5-7-15(3)20-19(22)16-8-6-11-21(13-16)26(23,24)17-9-10-18(25-4)14(2)12-17/h9-10,12,15-16H,5-8,11,13H2,1-4H3,(H,20,22)/t15-,16+/m1/s1. The van der Waals surface area contributed by atoms with Gasteiger partial charge in [0.15, 0.2) is 0 Å². The van der Waals surface area contributed by atoms with Crippen LogP contribution in [0, 0.1) is 12.8 Å².